The van der Waals surface area contributed by atoms with Crippen molar-refractivity contribution in [2.75, 3.05) is 20.2 Å². The van der Waals surface area contributed by atoms with E-state index in [0.29, 0.717) is 6.42 Å². The molecule has 1 saturated heterocycles. The number of nitrogens with zero attached hydrogens (tertiary/aromatic N) is 2. The van der Waals surface area contributed by atoms with Crippen LogP contribution in [-0.4, -0.2) is 58.3 Å². The van der Waals surface area contributed by atoms with E-state index in [-0.39, 0.29) is 11.5 Å². The third-order valence-electron chi connectivity index (χ3n) is 7.18. The maximum atomic E-state index is 12.8. The van der Waals surface area contributed by atoms with Gasteiger partial charge < -0.3 is 23.5 Å². The number of aromatic nitrogens is 1. The quantitative estimate of drug-likeness (QED) is 0.414. The van der Waals surface area contributed by atoms with Crippen LogP contribution < -0.4 is 0 Å². The molecule has 31 heavy (non-hydrogen) atoms. The third-order valence-corrected chi connectivity index (χ3v) is 7.18. The van der Waals surface area contributed by atoms with Crippen molar-refractivity contribution in [1.82, 2.24) is 9.47 Å². The number of benzene rings is 1. The van der Waals surface area contributed by atoms with Crippen molar-refractivity contribution in [2.45, 2.75) is 50.8 Å². The van der Waals surface area contributed by atoms with Crippen LogP contribution in [0.25, 0.3) is 10.9 Å². The van der Waals surface area contributed by atoms with Gasteiger partial charge in [-0.2, -0.15) is 0 Å². The lowest BCUT2D eigenvalue weighted by molar-refractivity contribution is -0.194. The highest BCUT2D eigenvalue weighted by molar-refractivity contribution is 7.79. The van der Waals surface area contributed by atoms with E-state index in [1.165, 1.54) is 18.1 Å². The van der Waals surface area contributed by atoms with Gasteiger partial charge in [-0.3, -0.25) is 13.3 Å². The van der Waals surface area contributed by atoms with Crippen LogP contribution in [-0.2, 0) is 32.1 Å². The van der Waals surface area contributed by atoms with Crippen molar-refractivity contribution in [1.29, 1.82) is 0 Å². The van der Waals surface area contributed by atoms with E-state index in [1.807, 2.05) is 22.8 Å². The summed E-state index contributed by atoms with van der Waals surface area (Å²) < 4.78 is 41.1. The molecule has 170 valence electrons. The normalized spacial score (nSPS) is 29.6. The van der Waals surface area contributed by atoms with Gasteiger partial charge in [0.05, 0.1) is 18.7 Å². The van der Waals surface area contributed by atoms with Gasteiger partial charge >= 0.3 is 5.97 Å². The number of aliphatic hydroxyl groups is 1. The summed E-state index contributed by atoms with van der Waals surface area (Å²) >= 11 is 0. The number of rotatable bonds is 2. The fraction of sp³-hybridized carbons (Fsp3) is 0.571. The molecule has 3 aliphatic rings. The Balaban J connectivity index is 0.000000418. The van der Waals surface area contributed by atoms with E-state index >= 15 is 0 Å². The van der Waals surface area contributed by atoms with Crippen LogP contribution >= 0.6 is 0 Å². The first-order valence-corrected chi connectivity index (χ1v) is 11.7. The predicted molar refractivity (Wildman–Crippen MR) is 109 cm³/mol. The molecule has 10 heteroatoms. The molecule has 0 amide bonds. The third kappa shape index (κ3) is 3.46. The highest BCUT2D eigenvalue weighted by Crippen LogP contribution is 2.60. The van der Waals surface area contributed by atoms with E-state index in [1.54, 1.807) is 0 Å². The maximum absolute atomic E-state index is 12.8. The molecule has 0 unspecified atom stereocenters. The van der Waals surface area contributed by atoms with E-state index in [9.17, 15) is 9.90 Å². The number of para-hydroxylation sites is 1. The minimum Gasteiger partial charge on any atom is -0.759 e. The Labute approximate surface area is 181 Å². The van der Waals surface area contributed by atoms with Gasteiger partial charge in [-0.25, -0.2) is 4.79 Å². The summed E-state index contributed by atoms with van der Waals surface area (Å²) in [4.78, 5) is 15.4. The van der Waals surface area contributed by atoms with Crippen LogP contribution in [0.5, 0.6) is 0 Å². The van der Waals surface area contributed by atoms with Crippen LogP contribution in [0.1, 0.15) is 49.9 Å². The lowest BCUT2D eigenvalue weighted by Crippen LogP contribution is -2.60. The molecule has 0 aliphatic carbocycles. The predicted octanol–water partition coefficient (Wildman–Crippen LogP) is 1.61. The molecule has 1 fully saturated rings. The second-order valence-electron chi connectivity index (χ2n) is 8.62. The SMILES string of the molecule is CC[C@]12CCCN3CCc4c(n(c5ccccc45)[C@@](O)(C(=O)OC)C1)[C@@H]32.O=S(=O)([O-])[O-]. The fourth-order valence-electron chi connectivity index (χ4n) is 6.10. The van der Waals surface area contributed by atoms with Gasteiger partial charge in [0.1, 0.15) is 0 Å². The number of ether oxygens (including phenoxy) is 1. The average Bonchev–Trinajstić information content (AvgIpc) is 3.07. The summed E-state index contributed by atoms with van der Waals surface area (Å²) in [5.41, 5.74) is 1.69. The molecule has 1 aromatic carbocycles. The van der Waals surface area contributed by atoms with E-state index in [2.05, 4.69) is 17.9 Å². The van der Waals surface area contributed by atoms with Gasteiger partial charge in [0, 0.05) is 34.4 Å². The molecule has 0 spiro atoms. The Morgan fingerprint density at radius 2 is 1.97 bits per heavy atom. The van der Waals surface area contributed by atoms with E-state index < -0.39 is 22.1 Å². The molecule has 1 N–H and O–H groups in total. The van der Waals surface area contributed by atoms with Crippen molar-refractivity contribution < 1.29 is 32.2 Å². The average molecular weight is 451 g/mol. The molecular weight excluding hydrogens is 424 g/mol. The number of hydrogen-bond acceptors (Lipinski definition) is 8. The summed E-state index contributed by atoms with van der Waals surface area (Å²) in [5.74, 6) is -0.546. The zero-order chi connectivity index (χ0) is 22.6. The summed E-state index contributed by atoms with van der Waals surface area (Å²) in [6.07, 6.45) is 4.52. The number of esters is 1. The van der Waals surface area contributed by atoms with Crippen LogP contribution in [0, 0.1) is 5.41 Å². The summed E-state index contributed by atoms with van der Waals surface area (Å²) in [6.45, 7) is 4.36. The number of carbonyl (C=O) groups excluding carboxylic acids is 1. The van der Waals surface area contributed by atoms with Gasteiger partial charge in [0.2, 0.25) is 5.72 Å². The molecular formula is C21H26N2O7S-2. The molecule has 3 atom stereocenters. The lowest BCUT2D eigenvalue weighted by Gasteiger charge is -2.57. The van der Waals surface area contributed by atoms with Crippen molar-refractivity contribution in [3.63, 3.8) is 0 Å². The van der Waals surface area contributed by atoms with Gasteiger partial charge in [-0.1, -0.05) is 25.1 Å². The maximum Gasteiger partial charge on any atom is 0.359 e. The first-order valence-electron chi connectivity index (χ1n) is 10.4. The summed E-state index contributed by atoms with van der Waals surface area (Å²) in [7, 11) is -3.80. The smallest absolute Gasteiger partial charge is 0.359 e. The van der Waals surface area contributed by atoms with Crippen molar-refractivity contribution in [2.24, 2.45) is 5.41 Å². The number of piperidine rings is 1. The fourth-order valence-corrected chi connectivity index (χ4v) is 6.10. The largest absolute Gasteiger partial charge is 0.759 e. The van der Waals surface area contributed by atoms with Crippen molar-refractivity contribution in [3.05, 3.63) is 35.5 Å². The Morgan fingerprint density at radius 3 is 2.61 bits per heavy atom. The molecule has 3 aliphatic heterocycles. The second kappa shape index (κ2) is 7.56. The Hall–Kier alpha value is -1.98. The number of carbonyl (C=O) groups is 1. The second-order valence-corrected chi connectivity index (χ2v) is 9.43. The summed E-state index contributed by atoms with van der Waals surface area (Å²) in [5, 5.41) is 12.9. The Kier molecular flexibility index (Phi) is 5.42. The summed E-state index contributed by atoms with van der Waals surface area (Å²) in [6, 6.07) is 8.45. The molecule has 0 bridgehead atoms. The van der Waals surface area contributed by atoms with Crippen molar-refractivity contribution >= 4 is 27.3 Å². The Bertz CT molecular complexity index is 1120. The first-order chi connectivity index (χ1) is 14.6. The molecule has 0 radical (unpaired) electrons. The molecule has 5 rings (SSSR count). The number of fused-ring (bicyclic) bond motifs is 3. The standard InChI is InChI=1S/C21H26N2O3.H2O4S/c1-3-20-10-6-11-22-12-9-15-14-7-4-5-8-16(14)23(17(15)18(20)22)21(25,13-20)19(24)26-2;1-5(2,3)4/h4-5,7-8,18,25H,3,6,9-13H2,1-2H3;(H2,1,2,3,4)/p-2/t18-,20+,21+;/m1./s1. The van der Waals surface area contributed by atoms with Crippen LogP contribution in [0.2, 0.25) is 0 Å². The lowest BCUT2D eigenvalue weighted by atomic mass is 9.62. The topological polar surface area (TPSA) is 135 Å². The van der Waals surface area contributed by atoms with E-state index in [4.69, 9.17) is 22.3 Å². The highest BCUT2D eigenvalue weighted by Gasteiger charge is 2.60. The molecule has 2 aromatic rings. The van der Waals surface area contributed by atoms with Gasteiger partial charge in [-0.15, -0.1) is 0 Å². The van der Waals surface area contributed by atoms with Crippen LogP contribution in [0.15, 0.2) is 24.3 Å². The van der Waals surface area contributed by atoms with Crippen LogP contribution in [0.3, 0.4) is 0 Å². The van der Waals surface area contributed by atoms with E-state index in [0.717, 1.165) is 50.0 Å². The van der Waals surface area contributed by atoms with Gasteiger partial charge in [0.25, 0.3) is 0 Å². The highest BCUT2D eigenvalue weighted by atomic mass is 32.3. The monoisotopic (exact) mass is 450 g/mol. The zero-order valence-electron chi connectivity index (χ0n) is 17.5. The zero-order valence-corrected chi connectivity index (χ0v) is 18.4. The van der Waals surface area contributed by atoms with Gasteiger partial charge in [-0.05, 0) is 49.3 Å². The first kappa shape index (κ1) is 22.2. The molecule has 9 nitrogen and oxygen atoms in total. The molecule has 4 heterocycles. The number of methoxy groups -OCH3 is 1. The molecule has 1 aromatic heterocycles. The minimum absolute atomic E-state index is 0.0826. The van der Waals surface area contributed by atoms with Crippen molar-refractivity contribution in [3.8, 4) is 0 Å². The van der Waals surface area contributed by atoms with Crippen LogP contribution in [0.4, 0.5) is 0 Å². The number of hydrogen-bond donors (Lipinski definition) is 1. The minimum atomic E-state index is -5.17. The Morgan fingerprint density at radius 1 is 1.29 bits per heavy atom. The molecule has 0 saturated carbocycles. The van der Waals surface area contributed by atoms with Gasteiger partial charge in [0.15, 0.2) is 0 Å².